The zero-order chi connectivity index (χ0) is 7.56. The second kappa shape index (κ2) is 2.88. The summed E-state index contributed by atoms with van der Waals surface area (Å²) in [6.45, 7) is 4.26. The first-order valence-electron chi connectivity index (χ1n) is 3.60. The number of nitrogens with two attached hydrogens (primary N) is 1. The summed E-state index contributed by atoms with van der Waals surface area (Å²) >= 11 is 0. The van der Waals surface area contributed by atoms with Gasteiger partial charge >= 0.3 is 0 Å². The number of nitrogens with zero attached hydrogens (tertiary/aromatic N) is 1. The zero-order valence-corrected chi connectivity index (χ0v) is 6.49. The van der Waals surface area contributed by atoms with Crippen LogP contribution in [0.2, 0.25) is 0 Å². The first-order chi connectivity index (χ1) is 4.72. The molecule has 56 valence electrons. The van der Waals surface area contributed by atoms with Gasteiger partial charge in [-0.15, -0.1) is 0 Å². The molecule has 0 saturated heterocycles. The highest BCUT2D eigenvalue weighted by Crippen LogP contribution is 2.07. The minimum Gasteiger partial charge on any atom is -0.356 e. The lowest BCUT2D eigenvalue weighted by Crippen LogP contribution is -2.41. The summed E-state index contributed by atoms with van der Waals surface area (Å²) < 4.78 is 0. The van der Waals surface area contributed by atoms with Crippen molar-refractivity contribution in [3.05, 3.63) is 24.4 Å². The summed E-state index contributed by atoms with van der Waals surface area (Å²) in [6, 6.07) is 0.483. The molecule has 1 heterocycles. The predicted molar refractivity (Wildman–Crippen MR) is 43.2 cm³/mol. The Kier molecular flexibility index (Phi) is 2.12. The maximum Gasteiger partial charge on any atom is 0.0962 e. The second-order valence-corrected chi connectivity index (χ2v) is 2.76. The van der Waals surface area contributed by atoms with Crippen molar-refractivity contribution < 1.29 is 0 Å². The molecule has 0 aromatic heterocycles. The third-order valence-electron chi connectivity index (χ3n) is 1.62. The van der Waals surface area contributed by atoms with Crippen molar-refractivity contribution in [3.8, 4) is 0 Å². The van der Waals surface area contributed by atoms with Crippen molar-refractivity contribution >= 4 is 0 Å². The molecule has 1 unspecified atom stereocenters. The van der Waals surface area contributed by atoms with E-state index in [4.69, 9.17) is 5.73 Å². The van der Waals surface area contributed by atoms with Crippen LogP contribution in [-0.4, -0.2) is 17.1 Å². The fourth-order valence-corrected chi connectivity index (χ4v) is 1.04. The highest BCUT2D eigenvalue weighted by Gasteiger charge is 2.11. The van der Waals surface area contributed by atoms with Gasteiger partial charge in [0.2, 0.25) is 0 Å². The van der Waals surface area contributed by atoms with Crippen molar-refractivity contribution in [1.29, 1.82) is 0 Å². The molecule has 0 aromatic carbocycles. The molecule has 1 atom stereocenters. The molecule has 2 nitrogen and oxygen atoms in total. The molecule has 0 aliphatic carbocycles. The molecule has 0 radical (unpaired) electrons. The first-order valence-corrected chi connectivity index (χ1v) is 3.60. The summed E-state index contributed by atoms with van der Waals surface area (Å²) in [5, 5.41) is 0. The summed E-state index contributed by atoms with van der Waals surface area (Å²) in [6.07, 6.45) is 8.05. The van der Waals surface area contributed by atoms with Crippen LogP contribution >= 0.6 is 0 Å². The number of hydrogen-bond acceptors (Lipinski definition) is 2. The van der Waals surface area contributed by atoms with E-state index in [9.17, 15) is 0 Å². The summed E-state index contributed by atoms with van der Waals surface area (Å²) in [7, 11) is 0. The fourth-order valence-electron chi connectivity index (χ4n) is 1.04. The molecule has 0 spiro atoms. The molecule has 0 fully saturated rings. The molecule has 1 aliphatic rings. The van der Waals surface area contributed by atoms with Crippen molar-refractivity contribution in [2.75, 3.05) is 0 Å². The van der Waals surface area contributed by atoms with Gasteiger partial charge in [-0.1, -0.05) is 6.08 Å². The van der Waals surface area contributed by atoms with Crippen LogP contribution in [0.25, 0.3) is 0 Å². The zero-order valence-electron chi connectivity index (χ0n) is 6.49. The van der Waals surface area contributed by atoms with E-state index in [1.165, 1.54) is 0 Å². The Morgan fingerprint density at radius 2 is 2.10 bits per heavy atom. The van der Waals surface area contributed by atoms with Crippen LogP contribution in [0, 0.1) is 0 Å². The van der Waals surface area contributed by atoms with E-state index in [1.54, 1.807) is 0 Å². The van der Waals surface area contributed by atoms with Crippen LogP contribution in [0.1, 0.15) is 13.8 Å². The molecular formula is C8H14N2. The third kappa shape index (κ3) is 1.39. The lowest BCUT2D eigenvalue weighted by molar-refractivity contribution is 0.265. The maximum absolute atomic E-state index is 5.77. The van der Waals surface area contributed by atoms with E-state index >= 15 is 0 Å². The van der Waals surface area contributed by atoms with Gasteiger partial charge in [0.1, 0.15) is 0 Å². The van der Waals surface area contributed by atoms with E-state index in [2.05, 4.69) is 18.7 Å². The fraction of sp³-hybridized carbons (Fsp3) is 0.500. The van der Waals surface area contributed by atoms with Gasteiger partial charge in [-0.2, -0.15) is 0 Å². The van der Waals surface area contributed by atoms with Gasteiger partial charge < -0.3 is 10.6 Å². The minimum atomic E-state index is 0.0602. The number of hydrogen-bond donors (Lipinski definition) is 1. The minimum absolute atomic E-state index is 0.0602. The largest absolute Gasteiger partial charge is 0.356 e. The van der Waals surface area contributed by atoms with Crippen molar-refractivity contribution in [3.63, 3.8) is 0 Å². The lowest BCUT2D eigenvalue weighted by Gasteiger charge is -2.30. The van der Waals surface area contributed by atoms with Crippen LogP contribution in [0.3, 0.4) is 0 Å². The van der Waals surface area contributed by atoms with Gasteiger partial charge in [0.25, 0.3) is 0 Å². The lowest BCUT2D eigenvalue weighted by atomic mass is 10.2. The Morgan fingerprint density at radius 3 is 2.50 bits per heavy atom. The molecule has 2 N–H and O–H groups in total. The van der Waals surface area contributed by atoms with Crippen LogP contribution in [-0.2, 0) is 0 Å². The second-order valence-electron chi connectivity index (χ2n) is 2.76. The summed E-state index contributed by atoms with van der Waals surface area (Å²) in [5.41, 5.74) is 5.77. The molecule has 0 saturated carbocycles. The first kappa shape index (κ1) is 7.35. The van der Waals surface area contributed by atoms with Gasteiger partial charge in [0, 0.05) is 12.2 Å². The van der Waals surface area contributed by atoms with Crippen LogP contribution in [0.4, 0.5) is 0 Å². The van der Waals surface area contributed by atoms with Crippen molar-refractivity contribution in [2.45, 2.75) is 26.1 Å². The third-order valence-corrected chi connectivity index (χ3v) is 1.62. The molecule has 10 heavy (non-hydrogen) atoms. The molecule has 2 heteroatoms. The van der Waals surface area contributed by atoms with E-state index < -0.39 is 0 Å². The van der Waals surface area contributed by atoms with Crippen LogP contribution in [0.15, 0.2) is 24.4 Å². The van der Waals surface area contributed by atoms with E-state index in [1.807, 2.05) is 24.4 Å². The smallest absolute Gasteiger partial charge is 0.0962 e. The SMILES string of the molecule is CC(C)N1C=CC=CC1N. The van der Waals surface area contributed by atoms with Crippen molar-refractivity contribution in [2.24, 2.45) is 5.73 Å². The summed E-state index contributed by atoms with van der Waals surface area (Å²) in [4.78, 5) is 2.11. The van der Waals surface area contributed by atoms with E-state index in [0.717, 1.165) is 0 Å². The molecule has 0 aromatic rings. The average molecular weight is 138 g/mol. The Balaban J connectivity index is 2.61. The van der Waals surface area contributed by atoms with Gasteiger partial charge in [-0.3, -0.25) is 0 Å². The van der Waals surface area contributed by atoms with Crippen LogP contribution < -0.4 is 5.73 Å². The van der Waals surface area contributed by atoms with Gasteiger partial charge in [0.05, 0.1) is 6.17 Å². The molecule has 0 amide bonds. The molecular weight excluding hydrogens is 124 g/mol. The quantitative estimate of drug-likeness (QED) is 0.587. The normalized spacial score (nSPS) is 24.4. The summed E-state index contributed by atoms with van der Waals surface area (Å²) in [5.74, 6) is 0. The van der Waals surface area contributed by atoms with Gasteiger partial charge in [-0.05, 0) is 26.0 Å². The van der Waals surface area contributed by atoms with Crippen molar-refractivity contribution in [1.82, 2.24) is 4.90 Å². The van der Waals surface area contributed by atoms with E-state index in [-0.39, 0.29) is 6.17 Å². The molecule has 0 bridgehead atoms. The standard InChI is InChI=1S/C8H14N2/c1-7(2)10-6-4-3-5-8(10)9/h3-8H,9H2,1-2H3. The number of rotatable bonds is 1. The topological polar surface area (TPSA) is 29.3 Å². The Labute approximate surface area is 62.0 Å². The maximum atomic E-state index is 5.77. The number of allylic oxidation sites excluding steroid dienone is 2. The Morgan fingerprint density at radius 1 is 1.40 bits per heavy atom. The van der Waals surface area contributed by atoms with Crippen LogP contribution in [0.5, 0.6) is 0 Å². The highest BCUT2D eigenvalue weighted by molar-refractivity contribution is 5.12. The Bertz CT molecular complexity index is 159. The average Bonchev–Trinajstić information content (AvgIpc) is 1.88. The van der Waals surface area contributed by atoms with Gasteiger partial charge in [-0.25, -0.2) is 0 Å². The highest BCUT2D eigenvalue weighted by atomic mass is 15.2. The van der Waals surface area contributed by atoms with E-state index in [0.29, 0.717) is 6.04 Å². The Hall–Kier alpha value is -0.760. The monoisotopic (exact) mass is 138 g/mol. The molecule has 1 rings (SSSR count). The molecule has 1 aliphatic heterocycles. The predicted octanol–water partition coefficient (Wildman–Crippen LogP) is 1.07. The van der Waals surface area contributed by atoms with Gasteiger partial charge in [0.15, 0.2) is 0 Å².